The second kappa shape index (κ2) is 10.0. The normalized spacial score (nSPS) is 11.1. The number of nitrogens with two attached hydrogens (primary N) is 1. The van der Waals surface area contributed by atoms with Gasteiger partial charge >= 0.3 is 0 Å². The highest BCUT2D eigenvalue weighted by atomic mass is 15.3. The molecule has 8 heteroatoms. The van der Waals surface area contributed by atoms with Crippen molar-refractivity contribution in [3.63, 3.8) is 0 Å². The molecule has 5 aromatic rings. The van der Waals surface area contributed by atoms with Gasteiger partial charge in [0.15, 0.2) is 5.82 Å². The van der Waals surface area contributed by atoms with Gasteiger partial charge in [-0.3, -0.25) is 4.68 Å². The van der Waals surface area contributed by atoms with Gasteiger partial charge in [-0.05, 0) is 65.3 Å². The van der Waals surface area contributed by atoms with Crippen LogP contribution < -0.4 is 16.0 Å². The molecular formula is C28H30N8. The average Bonchev–Trinajstić information content (AvgIpc) is 3.39. The highest BCUT2D eigenvalue weighted by molar-refractivity contribution is 5.94. The van der Waals surface area contributed by atoms with E-state index in [1.54, 1.807) is 18.6 Å². The van der Waals surface area contributed by atoms with Crippen molar-refractivity contribution in [3.8, 4) is 0 Å². The van der Waals surface area contributed by atoms with Crippen molar-refractivity contribution in [2.75, 3.05) is 23.0 Å². The first kappa shape index (κ1) is 23.3. The molecule has 0 amide bonds. The lowest BCUT2D eigenvalue weighted by Crippen LogP contribution is -2.17. The summed E-state index contributed by atoms with van der Waals surface area (Å²) in [5.74, 6) is 1.30. The largest absolute Gasteiger partial charge is 0.383 e. The van der Waals surface area contributed by atoms with Crippen molar-refractivity contribution >= 4 is 28.1 Å². The highest BCUT2D eigenvalue weighted by Crippen LogP contribution is 2.28. The Balaban J connectivity index is 1.26. The van der Waals surface area contributed by atoms with Crippen LogP contribution in [0.5, 0.6) is 0 Å². The van der Waals surface area contributed by atoms with Gasteiger partial charge in [-0.2, -0.15) is 10.2 Å². The van der Waals surface area contributed by atoms with Crippen LogP contribution in [-0.4, -0.2) is 32.0 Å². The summed E-state index contributed by atoms with van der Waals surface area (Å²) >= 11 is 0. The number of aromatic nitrogens is 5. The second-order valence-corrected chi connectivity index (χ2v) is 9.12. The molecule has 0 spiro atoms. The van der Waals surface area contributed by atoms with Gasteiger partial charge in [-0.1, -0.05) is 24.3 Å². The molecule has 3 heterocycles. The number of hydrogen-bond donors (Lipinski definition) is 2. The Morgan fingerprint density at radius 3 is 2.58 bits per heavy atom. The fraction of sp³-hybridized carbons (Fsp3) is 0.214. The van der Waals surface area contributed by atoms with Gasteiger partial charge in [-0.25, -0.2) is 4.98 Å². The zero-order valence-corrected chi connectivity index (χ0v) is 20.8. The van der Waals surface area contributed by atoms with Crippen LogP contribution >= 0.6 is 0 Å². The van der Waals surface area contributed by atoms with Crippen molar-refractivity contribution in [1.82, 2.24) is 25.0 Å². The van der Waals surface area contributed by atoms with E-state index in [0.717, 1.165) is 35.4 Å². The number of benzene rings is 2. The third kappa shape index (κ3) is 4.98. The van der Waals surface area contributed by atoms with E-state index in [1.807, 2.05) is 29.1 Å². The molecule has 0 aliphatic rings. The molecule has 3 N–H and O–H groups in total. The summed E-state index contributed by atoms with van der Waals surface area (Å²) in [6, 6.07) is 16.7. The number of rotatable bonds is 8. The SMILES string of the molecule is Cc1cc2c(N)nccc2c(C)c1CNc1cc(N(C)Cc2ccc(Cn3cccn3)cc2)cnn1. The smallest absolute Gasteiger partial charge is 0.150 e. The molecule has 2 aromatic carbocycles. The summed E-state index contributed by atoms with van der Waals surface area (Å²) in [6.07, 6.45) is 7.32. The molecule has 0 saturated carbocycles. The fourth-order valence-electron chi connectivity index (χ4n) is 4.53. The number of nitrogen functional groups attached to an aromatic ring is 1. The lowest BCUT2D eigenvalue weighted by atomic mass is 9.96. The summed E-state index contributed by atoms with van der Waals surface area (Å²) in [7, 11) is 2.06. The van der Waals surface area contributed by atoms with Crippen LogP contribution in [0.25, 0.3) is 10.8 Å². The Morgan fingerprint density at radius 1 is 1.00 bits per heavy atom. The van der Waals surface area contributed by atoms with E-state index in [0.29, 0.717) is 12.4 Å². The molecule has 182 valence electrons. The third-order valence-corrected chi connectivity index (χ3v) is 6.59. The lowest BCUT2D eigenvalue weighted by molar-refractivity contribution is 0.686. The molecule has 0 bridgehead atoms. The topological polar surface area (TPSA) is 97.8 Å². The van der Waals surface area contributed by atoms with Crippen LogP contribution in [0.1, 0.15) is 27.8 Å². The quantitative estimate of drug-likeness (QED) is 0.333. The third-order valence-electron chi connectivity index (χ3n) is 6.59. The molecule has 0 unspecified atom stereocenters. The molecule has 36 heavy (non-hydrogen) atoms. The predicted octanol–water partition coefficient (Wildman–Crippen LogP) is 4.72. The van der Waals surface area contributed by atoms with Crippen LogP contribution in [0.15, 0.2) is 73.3 Å². The van der Waals surface area contributed by atoms with Gasteiger partial charge in [0.1, 0.15) is 5.82 Å². The Labute approximate surface area is 210 Å². The van der Waals surface area contributed by atoms with Gasteiger partial charge in [-0.15, -0.1) is 5.10 Å². The molecule has 3 aromatic heterocycles. The van der Waals surface area contributed by atoms with Crippen molar-refractivity contribution in [2.24, 2.45) is 0 Å². The number of aryl methyl sites for hydroxylation is 2. The molecule has 5 rings (SSSR count). The van der Waals surface area contributed by atoms with Crippen LogP contribution in [-0.2, 0) is 19.6 Å². The zero-order valence-electron chi connectivity index (χ0n) is 20.8. The Hall–Kier alpha value is -4.46. The molecule has 0 aliphatic carbocycles. The first-order valence-electron chi connectivity index (χ1n) is 11.9. The number of anilines is 3. The van der Waals surface area contributed by atoms with Crippen LogP contribution in [0.3, 0.4) is 0 Å². The van der Waals surface area contributed by atoms with E-state index in [-0.39, 0.29) is 0 Å². The summed E-state index contributed by atoms with van der Waals surface area (Å²) in [6.45, 7) is 6.42. The monoisotopic (exact) mass is 478 g/mol. The summed E-state index contributed by atoms with van der Waals surface area (Å²) in [5, 5.41) is 18.4. The Morgan fingerprint density at radius 2 is 1.81 bits per heavy atom. The zero-order chi connectivity index (χ0) is 25.1. The van der Waals surface area contributed by atoms with E-state index >= 15 is 0 Å². The standard InChI is InChI=1S/C28H30N8/c1-19-13-25-24(9-11-30-28(25)29)20(2)26(19)16-31-27-14-23(15-32-34-27)35(3)17-21-5-7-22(8-6-21)18-36-12-4-10-33-36/h4-15H,16-18H2,1-3H3,(H2,29,30)(H,31,34). The molecule has 0 aliphatic heterocycles. The van der Waals surface area contributed by atoms with Crippen molar-refractivity contribution in [1.29, 1.82) is 0 Å². The summed E-state index contributed by atoms with van der Waals surface area (Å²) in [5.41, 5.74) is 13.1. The van der Waals surface area contributed by atoms with E-state index in [4.69, 9.17) is 5.73 Å². The Kier molecular flexibility index (Phi) is 6.49. The maximum atomic E-state index is 6.09. The second-order valence-electron chi connectivity index (χ2n) is 9.12. The van der Waals surface area contributed by atoms with Crippen molar-refractivity contribution < 1.29 is 0 Å². The number of nitrogens with one attached hydrogen (secondary N) is 1. The van der Waals surface area contributed by atoms with Gasteiger partial charge < -0.3 is 16.0 Å². The molecule has 8 nitrogen and oxygen atoms in total. The number of nitrogens with zero attached hydrogens (tertiary/aromatic N) is 6. The van der Waals surface area contributed by atoms with Crippen LogP contribution in [0, 0.1) is 13.8 Å². The molecule has 0 saturated heterocycles. The number of fused-ring (bicyclic) bond motifs is 1. The first-order chi connectivity index (χ1) is 17.5. The summed E-state index contributed by atoms with van der Waals surface area (Å²) in [4.78, 5) is 6.40. The lowest BCUT2D eigenvalue weighted by Gasteiger charge is -2.20. The van der Waals surface area contributed by atoms with Gasteiger partial charge in [0, 0.05) is 50.2 Å². The van der Waals surface area contributed by atoms with Crippen LogP contribution in [0.2, 0.25) is 0 Å². The molecular weight excluding hydrogens is 448 g/mol. The highest BCUT2D eigenvalue weighted by Gasteiger charge is 2.11. The Bertz CT molecular complexity index is 1480. The molecule has 0 radical (unpaired) electrons. The maximum absolute atomic E-state index is 6.09. The van der Waals surface area contributed by atoms with Gasteiger partial charge in [0.25, 0.3) is 0 Å². The number of pyridine rings is 1. The van der Waals surface area contributed by atoms with E-state index < -0.39 is 0 Å². The minimum atomic E-state index is 0.562. The van der Waals surface area contributed by atoms with E-state index in [9.17, 15) is 0 Å². The van der Waals surface area contributed by atoms with E-state index in [1.165, 1.54) is 27.8 Å². The number of hydrogen-bond acceptors (Lipinski definition) is 7. The minimum Gasteiger partial charge on any atom is -0.383 e. The predicted molar refractivity (Wildman–Crippen MR) is 145 cm³/mol. The molecule has 0 atom stereocenters. The van der Waals surface area contributed by atoms with Crippen molar-refractivity contribution in [3.05, 3.63) is 101 Å². The van der Waals surface area contributed by atoms with Crippen molar-refractivity contribution in [2.45, 2.75) is 33.5 Å². The van der Waals surface area contributed by atoms with Gasteiger partial charge in [0.2, 0.25) is 0 Å². The minimum absolute atomic E-state index is 0.562. The summed E-state index contributed by atoms with van der Waals surface area (Å²) < 4.78 is 1.92. The molecule has 0 fully saturated rings. The van der Waals surface area contributed by atoms with Gasteiger partial charge in [0.05, 0.1) is 18.4 Å². The van der Waals surface area contributed by atoms with Crippen LogP contribution in [0.4, 0.5) is 17.3 Å². The first-order valence-corrected chi connectivity index (χ1v) is 11.9. The fourth-order valence-corrected chi connectivity index (χ4v) is 4.53. The average molecular weight is 479 g/mol. The van der Waals surface area contributed by atoms with E-state index in [2.05, 4.69) is 81.7 Å². The maximum Gasteiger partial charge on any atom is 0.150 e.